The summed E-state index contributed by atoms with van der Waals surface area (Å²) >= 11 is 12.1. The van der Waals surface area contributed by atoms with E-state index in [1.807, 2.05) is 0 Å². The fourth-order valence-corrected chi connectivity index (χ4v) is 2.50. The number of benzene rings is 1. The summed E-state index contributed by atoms with van der Waals surface area (Å²) in [6, 6.07) is 9.65. The highest BCUT2D eigenvalue weighted by Crippen LogP contribution is 2.31. The zero-order valence-electron chi connectivity index (χ0n) is 9.46. The van der Waals surface area contributed by atoms with Gasteiger partial charge in [0.15, 0.2) is 6.20 Å². The van der Waals surface area contributed by atoms with E-state index in [2.05, 4.69) is 0 Å². The van der Waals surface area contributed by atoms with Crippen molar-refractivity contribution in [1.29, 1.82) is 0 Å². The lowest BCUT2D eigenvalue weighted by Crippen LogP contribution is -2.39. The van der Waals surface area contributed by atoms with Crippen molar-refractivity contribution >= 4 is 28.8 Å². The Labute approximate surface area is 118 Å². The number of pyridine rings is 1. The van der Waals surface area contributed by atoms with Gasteiger partial charge in [0.05, 0.1) is 16.1 Å². The predicted octanol–water partition coefficient (Wildman–Crippen LogP) is 2.18. The molecular formula is C12H7Cl2N3O2. The molecule has 2 heterocycles. The van der Waals surface area contributed by atoms with Gasteiger partial charge in [-0.1, -0.05) is 29.3 Å². The summed E-state index contributed by atoms with van der Waals surface area (Å²) < 4.78 is 1.70. The molecule has 0 atom stereocenters. The minimum Gasteiger partial charge on any atom is -0.675 e. The van der Waals surface area contributed by atoms with Crippen LogP contribution in [0.5, 0.6) is 0 Å². The van der Waals surface area contributed by atoms with Crippen LogP contribution in [0.25, 0.3) is 17.0 Å². The summed E-state index contributed by atoms with van der Waals surface area (Å²) in [5, 5.41) is 24.9. The molecule has 7 heteroatoms. The van der Waals surface area contributed by atoms with Gasteiger partial charge in [-0.15, -0.1) is 4.73 Å². The van der Waals surface area contributed by atoms with Gasteiger partial charge in [-0.25, -0.2) is 0 Å². The summed E-state index contributed by atoms with van der Waals surface area (Å²) in [6.07, 6.45) is 1.49. The zero-order valence-corrected chi connectivity index (χ0v) is 11.0. The Hall–Kier alpha value is -1.98. The van der Waals surface area contributed by atoms with Gasteiger partial charge < -0.3 is 10.4 Å². The maximum atomic E-state index is 12.2. The minimum absolute atomic E-state index is 0.151. The summed E-state index contributed by atoms with van der Waals surface area (Å²) in [5.41, 5.74) is 0.419. The van der Waals surface area contributed by atoms with Crippen LogP contribution >= 0.6 is 23.2 Å². The van der Waals surface area contributed by atoms with Crippen molar-refractivity contribution in [2.24, 2.45) is 0 Å². The van der Waals surface area contributed by atoms with E-state index in [9.17, 15) is 10.4 Å². The average Bonchev–Trinajstić information content (AvgIpc) is 2.64. The van der Waals surface area contributed by atoms with Gasteiger partial charge in [0.1, 0.15) is 5.56 Å². The Morgan fingerprint density at radius 2 is 1.63 bits per heavy atom. The number of hydrogen-bond donors (Lipinski definition) is 0. The quantitative estimate of drug-likeness (QED) is 0.510. The zero-order chi connectivity index (χ0) is 13.6. The molecule has 96 valence electrons. The van der Waals surface area contributed by atoms with E-state index in [0.29, 0.717) is 9.58 Å². The molecule has 0 aliphatic rings. The molecule has 0 fully saturated rings. The van der Waals surface area contributed by atoms with Crippen molar-refractivity contribution < 1.29 is 9.58 Å². The molecule has 3 rings (SSSR count). The van der Waals surface area contributed by atoms with E-state index in [4.69, 9.17) is 23.2 Å². The lowest BCUT2D eigenvalue weighted by Gasteiger charge is -2.03. The average molecular weight is 296 g/mol. The van der Waals surface area contributed by atoms with Gasteiger partial charge in [0, 0.05) is 9.36 Å². The van der Waals surface area contributed by atoms with Crippen LogP contribution in [0, 0.1) is 10.4 Å². The van der Waals surface area contributed by atoms with Crippen molar-refractivity contribution in [3.63, 3.8) is 0 Å². The molecule has 0 aliphatic carbocycles. The van der Waals surface area contributed by atoms with E-state index in [1.54, 1.807) is 30.3 Å². The molecule has 0 bridgehead atoms. The first kappa shape index (κ1) is 12.1. The Kier molecular flexibility index (Phi) is 2.73. The van der Waals surface area contributed by atoms with Gasteiger partial charge >= 0.3 is 11.5 Å². The normalized spacial score (nSPS) is 11.1. The van der Waals surface area contributed by atoms with E-state index >= 15 is 0 Å². The van der Waals surface area contributed by atoms with Gasteiger partial charge in [0.2, 0.25) is 0 Å². The van der Waals surface area contributed by atoms with Crippen LogP contribution in [0.15, 0.2) is 42.6 Å². The molecule has 0 aliphatic heterocycles. The standard InChI is InChI=1S/C12H7Cl2N3O2/c13-8-4-3-5-9(14)11(8)12-16(18)10-6-1-2-7-15(10)17(12)19/h1-7H. The van der Waals surface area contributed by atoms with Gasteiger partial charge in [0.25, 0.3) is 0 Å². The number of rotatable bonds is 1. The Bertz CT molecular complexity index is 727. The van der Waals surface area contributed by atoms with E-state index < -0.39 is 0 Å². The number of aromatic nitrogens is 3. The number of nitrogens with zero attached hydrogens (tertiary/aromatic N) is 3. The molecule has 0 unspecified atom stereocenters. The molecular weight excluding hydrogens is 289 g/mol. The van der Waals surface area contributed by atoms with Gasteiger partial charge in [-0.3, -0.25) is 0 Å². The van der Waals surface area contributed by atoms with Crippen molar-refractivity contribution in [1.82, 2.24) is 4.52 Å². The predicted molar refractivity (Wildman–Crippen MR) is 70.8 cm³/mol. The van der Waals surface area contributed by atoms with E-state index in [-0.39, 0.29) is 27.1 Å². The summed E-state index contributed by atoms with van der Waals surface area (Å²) in [4.78, 5) is 0.468. The lowest BCUT2D eigenvalue weighted by atomic mass is 10.2. The Morgan fingerprint density at radius 1 is 0.947 bits per heavy atom. The first-order chi connectivity index (χ1) is 9.11. The van der Waals surface area contributed by atoms with Crippen LogP contribution in [-0.4, -0.2) is 4.52 Å². The summed E-state index contributed by atoms with van der Waals surface area (Å²) in [5.74, 6) is -0.151. The number of halogens is 2. The maximum absolute atomic E-state index is 12.2. The molecule has 1 aromatic carbocycles. The summed E-state index contributed by atoms with van der Waals surface area (Å²) in [7, 11) is 0. The monoisotopic (exact) mass is 295 g/mol. The van der Waals surface area contributed by atoms with Crippen LogP contribution in [0.2, 0.25) is 10.0 Å². The fraction of sp³-hybridized carbons (Fsp3) is 0. The molecule has 3 aromatic rings. The van der Waals surface area contributed by atoms with Crippen LogP contribution in [0.4, 0.5) is 0 Å². The van der Waals surface area contributed by atoms with E-state index in [0.717, 1.165) is 0 Å². The molecule has 0 saturated carbocycles. The van der Waals surface area contributed by atoms with Crippen LogP contribution in [0.1, 0.15) is 0 Å². The highest BCUT2D eigenvalue weighted by molar-refractivity contribution is 6.38. The van der Waals surface area contributed by atoms with Gasteiger partial charge in [-0.2, -0.15) is 0 Å². The highest BCUT2D eigenvalue weighted by Gasteiger charge is 2.30. The lowest BCUT2D eigenvalue weighted by molar-refractivity contribution is -0.718. The highest BCUT2D eigenvalue weighted by atomic mass is 35.5. The molecule has 0 saturated heterocycles. The molecule has 0 N–H and O–H groups in total. The van der Waals surface area contributed by atoms with Gasteiger partial charge in [-0.05, 0) is 24.3 Å². The van der Waals surface area contributed by atoms with Crippen molar-refractivity contribution in [2.45, 2.75) is 0 Å². The number of fused-ring (bicyclic) bond motifs is 1. The molecule has 2 aromatic heterocycles. The molecule has 5 nitrogen and oxygen atoms in total. The first-order valence-electron chi connectivity index (χ1n) is 5.38. The maximum Gasteiger partial charge on any atom is 0.407 e. The second kappa shape index (κ2) is 4.29. The molecule has 19 heavy (non-hydrogen) atoms. The second-order valence-electron chi connectivity index (χ2n) is 3.89. The third kappa shape index (κ3) is 1.70. The van der Waals surface area contributed by atoms with Crippen molar-refractivity contribution in [2.75, 3.05) is 0 Å². The minimum atomic E-state index is -0.151. The molecule has 0 spiro atoms. The molecule has 0 radical (unpaired) electrons. The summed E-state index contributed by atoms with van der Waals surface area (Å²) in [6.45, 7) is 0. The first-order valence-corrected chi connectivity index (χ1v) is 6.13. The molecule has 0 amide bonds. The SMILES string of the molecule is [O-][n+]1c(-c2c(Cl)cccc2Cl)[n+]([O-])n2ccccc21. The third-order valence-electron chi connectivity index (χ3n) is 2.78. The largest absolute Gasteiger partial charge is 0.675 e. The van der Waals surface area contributed by atoms with Crippen LogP contribution in [-0.2, 0) is 0 Å². The Balaban J connectivity index is 2.44. The third-order valence-corrected chi connectivity index (χ3v) is 3.41. The second-order valence-corrected chi connectivity index (χ2v) is 4.71. The Morgan fingerprint density at radius 3 is 2.26 bits per heavy atom. The van der Waals surface area contributed by atoms with E-state index in [1.165, 1.54) is 16.8 Å². The van der Waals surface area contributed by atoms with Crippen molar-refractivity contribution in [3.8, 4) is 11.4 Å². The van der Waals surface area contributed by atoms with Crippen molar-refractivity contribution in [3.05, 3.63) is 63.1 Å². The smallest absolute Gasteiger partial charge is 0.407 e. The van der Waals surface area contributed by atoms with Crippen LogP contribution < -0.4 is 9.58 Å². The fourth-order valence-electron chi connectivity index (χ4n) is 1.94. The number of hydrogen-bond acceptors (Lipinski definition) is 2. The topological polar surface area (TPSA) is 58.3 Å². The van der Waals surface area contributed by atoms with Crippen LogP contribution in [0.3, 0.4) is 0 Å².